The number of nitrogens with one attached hydrogen (secondary N) is 2. The van der Waals surface area contributed by atoms with Crippen LogP contribution >= 0.6 is 23.4 Å². The Hall–Kier alpha value is -1.73. The number of aromatic amines is 1. The molecule has 0 spiro atoms. The van der Waals surface area contributed by atoms with E-state index in [1.807, 2.05) is 18.2 Å². The first-order valence-electron chi connectivity index (χ1n) is 5.46. The Morgan fingerprint density at radius 3 is 2.95 bits per heavy atom. The van der Waals surface area contributed by atoms with Crippen molar-refractivity contribution in [1.29, 1.82) is 0 Å². The lowest BCUT2D eigenvalue weighted by atomic mass is 10.2. The van der Waals surface area contributed by atoms with Crippen molar-refractivity contribution < 1.29 is 4.79 Å². The summed E-state index contributed by atoms with van der Waals surface area (Å²) in [6.45, 7) is 0.398. The molecule has 1 heterocycles. The number of carbonyl (C=O) groups is 1. The van der Waals surface area contributed by atoms with Crippen molar-refractivity contribution in [2.24, 2.45) is 0 Å². The van der Waals surface area contributed by atoms with Crippen LogP contribution in [0.4, 0.5) is 5.95 Å². The smallest absolute Gasteiger partial charge is 0.230 e. The largest absolute Gasteiger partial charge is 0.368 e. The maximum Gasteiger partial charge on any atom is 0.230 e. The van der Waals surface area contributed by atoms with E-state index in [1.165, 1.54) is 11.8 Å². The molecule has 100 valence electrons. The van der Waals surface area contributed by atoms with Gasteiger partial charge in [-0.2, -0.15) is 4.98 Å². The van der Waals surface area contributed by atoms with Crippen LogP contribution < -0.4 is 11.1 Å². The summed E-state index contributed by atoms with van der Waals surface area (Å²) in [6.07, 6.45) is 0. The van der Waals surface area contributed by atoms with Crippen molar-refractivity contribution >= 4 is 35.2 Å². The molecule has 0 aliphatic rings. The van der Waals surface area contributed by atoms with Gasteiger partial charge in [0.1, 0.15) is 0 Å². The second kappa shape index (κ2) is 6.44. The Morgan fingerprint density at radius 2 is 2.26 bits per heavy atom. The highest BCUT2D eigenvalue weighted by atomic mass is 35.5. The van der Waals surface area contributed by atoms with Crippen LogP contribution in [0.1, 0.15) is 5.56 Å². The minimum Gasteiger partial charge on any atom is -0.368 e. The number of halogens is 1. The molecule has 0 aliphatic carbocycles. The fraction of sp³-hybridized carbons (Fsp3) is 0.182. The van der Waals surface area contributed by atoms with E-state index in [1.54, 1.807) is 6.07 Å². The molecular formula is C11H12ClN5OS. The number of nitrogen functional groups attached to an aromatic ring is 1. The van der Waals surface area contributed by atoms with Crippen molar-refractivity contribution in [2.75, 3.05) is 11.5 Å². The Bertz CT molecular complexity index is 574. The average molecular weight is 298 g/mol. The van der Waals surface area contributed by atoms with E-state index in [4.69, 9.17) is 17.3 Å². The summed E-state index contributed by atoms with van der Waals surface area (Å²) in [4.78, 5) is 15.5. The van der Waals surface area contributed by atoms with E-state index in [-0.39, 0.29) is 17.6 Å². The van der Waals surface area contributed by atoms with Crippen molar-refractivity contribution in [3.8, 4) is 0 Å². The van der Waals surface area contributed by atoms with E-state index >= 15 is 0 Å². The first kappa shape index (κ1) is 13.7. The second-order valence-corrected chi connectivity index (χ2v) is 5.01. The van der Waals surface area contributed by atoms with Crippen molar-refractivity contribution in [1.82, 2.24) is 20.5 Å². The number of anilines is 1. The maximum absolute atomic E-state index is 11.6. The number of thioether (sulfide) groups is 1. The van der Waals surface area contributed by atoms with Gasteiger partial charge in [-0.1, -0.05) is 41.6 Å². The number of benzene rings is 1. The molecule has 19 heavy (non-hydrogen) atoms. The van der Waals surface area contributed by atoms with Gasteiger partial charge in [-0.05, 0) is 11.6 Å². The monoisotopic (exact) mass is 297 g/mol. The molecule has 2 rings (SSSR count). The topological polar surface area (TPSA) is 96.7 Å². The lowest BCUT2D eigenvalue weighted by Crippen LogP contribution is -2.24. The van der Waals surface area contributed by atoms with E-state index in [0.29, 0.717) is 16.7 Å². The highest BCUT2D eigenvalue weighted by Gasteiger charge is 2.07. The molecule has 1 amide bonds. The zero-order chi connectivity index (χ0) is 13.7. The fourth-order valence-corrected chi connectivity index (χ4v) is 2.18. The SMILES string of the molecule is Nc1nc(SCC(=O)NCc2ccccc2Cl)n[nH]1. The minimum absolute atomic E-state index is 0.117. The number of nitrogens with zero attached hydrogens (tertiary/aromatic N) is 2. The van der Waals surface area contributed by atoms with Gasteiger partial charge < -0.3 is 11.1 Å². The van der Waals surface area contributed by atoms with Crippen molar-refractivity contribution in [2.45, 2.75) is 11.7 Å². The molecule has 1 aromatic carbocycles. The molecule has 8 heteroatoms. The minimum atomic E-state index is -0.117. The number of hydrogen-bond acceptors (Lipinski definition) is 5. The Balaban J connectivity index is 1.77. The lowest BCUT2D eigenvalue weighted by Gasteiger charge is -2.05. The molecule has 0 atom stereocenters. The van der Waals surface area contributed by atoms with Crippen LogP contribution in [-0.2, 0) is 11.3 Å². The van der Waals surface area contributed by atoms with E-state index in [0.717, 1.165) is 5.56 Å². The summed E-state index contributed by atoms with van der Waals surface area (Å²) < 4.78 is 0. The summed E-state index contributed by atoms with van der Waals surface area (Å²) in [5.41, 5.74) is 6.26. The van der Waals surface area contributed by atoms with Crippen LogP contribution in [0.2, 0.25) is 5.02 Å². The number of carbonyl (C=O) groups excluding carboxylic acids is 1. The van der Waals surface area contributed by atoms with Gasteiger partial charge in [-0.15, -0.1) is 5.10 Å². The van der Waals surface area contributed by atoms with Gasteiger partial charge in [-0.25, -0.2) is 5.10 Å². The van der Waals surface area contributed by atoms with Crippen molar-refractivity contribution in [3.63, 3.8) is 0 Å². The van der Waals surface area contributed by atoms with Crippen LogP contribution in [0.3, 0.4) is 0 Å². The Labute approximate surface area is 119 Å². The van der Waals surface area contributed by atoms with Gasteiger partial charge in [0, 0.05) is 11.6 Å². The predicted molar refractivity (Wildman–Crippen MR) is 74.8 cm³/mol. The molecule has 6 nitrogen and oxygen atoms in total. The average Bonchev–Trinajstić information content (AvgIpc) is 2.81. The molecule has 0 aliphatic heterocycles. The Kier molecular flexibility index (Phi) is 4.64. The predicted octanol–water partition coefficient (Wildman–Crippen LogP) is 1.45. The molecule has 0 radical (unpaired) electrons. The van der Waals surface area contributed by atoms with Gasteiger partial charge in [0.15, 0.2) is 0 Å². The van der Waals surface area contributed by atoms with Gasteiger partial charge in [-0.3, -0.25) is 4.79 Å². The quantitative estimate of drug-likeness (QED) is 0.726. The number of amides is 1. The zero-order valence-electron chi connectivity index (χ0n) is 9.89. The van der Waals surface area contributed by atoms with E-state index < -0.39 is 0 Å². The lowest BCUT2D eigenvalue weighted by molar-refractivity contribution is -0.118. The summed E-state index contributed by atoms with van der Waals surface area (Å²) >= 11 is 7.20. The summed E-state index contributed by atoms with van der Waals surface area (Å²) in [6, 6.07) is 7.37. The maximum atomic E-state index is 11.6. The molecule has 0 bridgehead atoms. The zero-order valence-corrected chi connectivity index (χ0v) is 11.5. The third kappa shape index (κ3) is 4.15. The first-order chi connectivity index (χ1) is 9.15. The number of rotatable bonds is 5. The van der Waals surface area contributed by atoms with Gasteiger partial charge in [0.2, 0.25) is 17.0 Å². The van der Waals surface area contributed by atoms with Gasteiger partial charge in [0.25, 0.3) is 0 Å². The van der Waals surface area contributed by atoms with Crippen molar-refractivity contribution in [3.05, 3.63) is 34.9 Å². The van der Waals surface area contributed by atoms with Crippen LogP contribution in [-0.4, -0.2) is 26.8 Å². The highest BCUT2D eigenvalue weighted by Crippen LogP contribution is 2.15. The molecule has 0 fully saturated rings. The fourth-order valence-electron chi connectivity index (χ4n) is 1.34. The second-order valence-electron chi connectivity index (χ2n) is 3.66. The summed E-state index contributed by atoms with van der Waals surface area (Å²) in [5.74, 6) is 0.342. The summed E-state index contributed by atoms with van der Waals surface area (Å²) in [5, 5.41) is 10.2. The number of aromatic nitrogens is 3. The normalized spacial score (nSPS) is 10.4. The third-order valence-electron chi connectivity index (χ3n) is 2.25. The van der Waals surface area contributed by atoms with Crippen LogP contribution in [0.15, 0.2) is 29.4 Å². The molecule has 0 saturated carbocycles. The van der Waals surface area contributed by atoms with Gasteiger partial charge in [0.05, 0.1) is 5.75 Å². The standard InChI is InChI=1S/C11H12ClN5OS/c12-8-4-2-1-3-7(8)5-14-9(18)6-19-11-15-10(13)16-17-11/h1-4H,5-6H2,(H,14,18)(H3,13,15,16,17). The van der Waals surface area contributed by atoms with Gasteiger partial charge >= 0.3 is 0 Å². The summed E-state index contributed by atoms with van der Waals surface area (Å²) in [7, 11) is 0. The molecule has 0 unspecified atom stereocenters. The highest BCUT2D eigenvalue weighted by molar-refractivity contribution is 7.99. The first-order valence-corrected chi connectivity index (χ1v) is 6.82. The molecule has 0 saturated heterocycles. The number of H-pyrrole nitrogens is 1. The molecule has 1 aromatic heterocycles. The van der Waals surface area contributed by atoms with Crippen LogP contribution in [0, 0.1) is 0 Å². The van der Waals surface area contributed by atoms with Crippen LogP contribution in [0.25, 0.3) is 0 Å². The molecule has 4 N–H and O–H groups in total. The number of nitrogens with two attached hydrogens (primary N) is 1. The van der Waals surface area contributed by atoms with E-state index in [2.05, 4.69) is 20.5 Å². The third-order valence-corrected chi connectivity index (χ3v) is 3.46. The van der Waals surface area contributed by atoms with E-state index in [9.17, 15) is 4.79 Å². The molecular weight excluding hydrogens is 286 g/mol. The number of hydrogen-bond donors (Lipinski definition) is 3. The molecule has 2 aromatic rings. The van der Waals surface area contributed by atoms with Crippen LogP contribution in [0.5, 0.6) is 0 Å². The Morgan fingerprint density at radius 1 is 1.47 bits per heavy atom.